The van der Waals surface area contributed by atoms with Crippen LogP contribution < -0.4 is 5.32 Å². The van der Waals surface area contributed by atoms with E-state index in [-0.39, 0.29) is 0 Å². The number of nitrogens with zero attached hydrogens (tertiary/aromatic N) is 1. The molecule has 1 unspecified atom stereocenters. The monoisotopic (exact) mass is 298 g/mol. The summed E-state index contributed by atoms with van der Waals surface area (Å²) in [6.07, 6.45) is 8.61. The van der Waals surface area contributed by atoms with Crippen molar-refractivity contribution in [2.75, 3.05) is 18.1 Å². The van der Waals surface area contributed by atoms with E-state index in [4.69, 9.17) is 11.6 Å². The van der Waals surface area contributed by atoms with Crippen LogP contribution >= 0.6 is 23.4 Å². The van der Waals surface area contributed by atoms with Gasteiger partial charge in [0.1, 0.15) is 0 Å². The van der Waals surface area contributed by atoms with E-state index in [1.165, 1.54) is 36.3 Å². The number of hydrogen-bond acceptors (Lipinski definition) is 3. The summed E-state index contributed by atoms with van der Waals surface area (Å²) in [5.74, 6) is 3.55. The van der Waals surface area contributed by atoms with Crippen molar-refractivity contribution >= 4 is 23.4 Å². The molecule has 0 amide bonds. The highest BCUT2D eigenvalue weighted by Crippen LogP contribution is 2.27. The van der Waals surface area contributed by atoms with Crippen LogP contribution in [0.2, 0.25) is 5.02 Å². The molecule has 0 aromatic carbocycles. The number of thioether (sulfide) groups is 1. The molecule has 2 nitrogen and oxygen atoms in total. The zero-order valence-corrected chi connectivity index (χ0v) is 13.1. The third-order valence-corrected chi connectivity index (χ3v) is 5.16. The van der Waals surface area contributed by atoms with Crippen molar-refractivity contribution in [3.05, 3.63) is 29.0 Å². The first-order valence-electron chi connectivity index (χ1n) is 7.19. The zero-order chi connectivity index (χ0) is 13.5. The third kappa shape index (κ3) is 4.97. The molecule has 19 heavy (non-hydrogen) atoms. The van der Waals surface area contributed by atoms with Crippen molar-refractivity contribution in [2.24, 2.45) is 5.92 Å². The van der Waals surface area contributed by atoms with Crippen molar-refractivity contribution < 1.29 is 0 Å². The van der Waals surface area contributed by atoms with Crippen LogP contribution in [0.1, 0.15) is 31.7 Å². The van der Waals surface area contributed by atoms with Gasteiger partial charge in [0.05, 0.1) is 5.02 Å². The number of nitrogens with one attached hydrogen (secondary N) is 1. The fraction of sp³-hybridized carbons (Fsp3) is 0.667. The van der Waals surface area contributed by atoms with Gasteiger partial charge in [0, 0.05) is 18.4 Å². The molecule has 1 aliphatic heterocycles. The molecular formula is C15H23ClN2S. The second kappa shape index (κ2) is 8.13. The Kier molecular flexibility index (Phi) is 6.48. The summed E-state index contributed by atoms with van der Waals surface area (Å²) in [5.41, 5.74) is 1.22. The summed E-state index contributed by atoms with van der Waals surface area (Å²) in [5, 5.41) is 4.42. The quantitative estimate of drug-likeness (QED) is 0.865. The molecule has 1 N–H and O–H groups in total. The van der Waals surface area contributed by atoms with E-state index in [0.717, 1.165) is 23.9 Å². The number of aromatic nitrogens is 1. The Labute approximate surface area is 125 Å². The van der Waals surface area contributed by atoms with Crippen molar-refractivity contribution in [1.82, 2.24) is 10.3 Å². The van der Waals surface area contributed by atoms with Gasteiger partial charge in [-0.2, -0.15) is 11.8 Å². The highest BCUT2D eigenvalue weighted by Gasteiger charge is 2.19. The highest BCUT2D eigenvalue weighted by atomic mass is 35.5. The summed E-state index contributed by atoms with van der Waals surface area (Å²) < 4.78 is 0. The lowest BCUT2D eigenvalue weighted by molar-refractivity contribution is 0.366. The minimum absolute atomic E-state index is 0.540. The minimum atomic E-state index is 0.540. The Morgan fingerprint density at radius 2 is 2.26 bits per heavy atom. The molecule has 1 fully saturated rings. The van der Waals surface area contributed by atoms with Crippen LogP contribution in [-0.4, -0.2) is 29.1 Å². The second-order valence-corrected chi connectivity index (χ2v) is 6.85. The Morgan fingerprint density at radius 3 is 2.95 bits per heavy atom. The fourth-order valence-electron chi connectivity index (χ4n) is 2.75. The van der Waals surface area contributed by atoms with Crippen LogP contribution in [-0.2, 0) is 6.42 Å². The molecule has 0 aliphatic carbocycles. The van der Waals surface area contributed by atoms with Gasteiger partial charge in [-0.3, -0.25) is 4.98 Å². The maximum atomic E-state index is 6.22. The van der Waals surface area contributed by atoms with Crippen LogP contribution in [0.25, 0.3) is 0 Å². The van der Waals surface area contributed by atoms with Crippen LogP contribution in [0, 0.1) is 5.92 Å². The average molecular weight is 299 g/mol. The average Bonchev–Trinajstić information content (AvgIpc) is 2.43. The normalized spacial score (nSPS) is 18.4. The van der Waals surface area contributed by atoms with E-state index in [1.807, 2.05) is 12.3 Å². The lowest BCUT2D eigenvalue weighted by Crippen LogP contribution is -2.34. The molecule has 1 aromatic rings. The number of pyridine rings is 1. The first-order valence-corrected chi connectivity index (χ1v) is 8.72. The molecule has 1 atom stereocenters. The van der Waals surface area contributed by atoms with Crippen LogP contribution in [0.5, 0.6) is 0 Å². The summed E-state index contributed by atoms with van der Waals surface area (Å²) in [7, 11) is 0. The van der Waals surface area contributed by atoms with E-state index < -0.39 is 0 Å². The maximum Gasteiger partial charge on any atom is 0.0621 e. The van der Waals surface area contributed by atoms with Gasteiger partial charge in [0.15, 0.2) is 0 Å². The van der Waals surface area contributed by atoms with Crippen LogP contribution in [0.4, 0.5) is 0 Å². The Balaban J connectivity index is 1.93. The lowest BCUT2D eigenvalue weighted by Gasteiger charge is -2.27. The van der Waals surface area contributed by atoms with Crippen molar-refractivity contribution in [1.29, 1.82) is 0 Å². The second-order valence-electron chi connectivity index (χ2n) is 5.22. The van der Waals surface area contributed by atoms with Crippen molar-refractivity contribution in [2.45, 2.75) is 38.6 Å². The molecule has 2 rings (SSSR count). The largest absolute Gasteiger partial charge is 0.314 e. The molecule has 0 spiro atoms. The first-order chi connectivity index (χ1) is 9.29. The fourth-order valence-corrected chi connectivity index (χ4v) is 4.15. The van der Waals surface area contributed by atoms with Gasteiger partial charge in [-0.25, -0.2) is 0 Å². The van der Waals surface area contributed by atoms with Crippen LogP contribution in [0.3, 0.4) is 0 Å². The molecule has 0 saturated carbocycles. The molecule has 1 aromatic heterocycles. The topological polar surface area (TPSA) is 24.9 Å². The van der Waals surface area contributed by atoms with E-state index in [9.17, 15) is 0 Å². The van der Waals surface area contributed by atoms with E-state index in [1.54, 1.807) is 6.20 Å². The van der Waals surface area contributed by atoms with Gasteiger partial charge >= 0.3 is 0 Å². The zero-order valence-electron chi connectivity index (χ0n) is 11.6. The van der Waals surface area contributed by atoms with Gasteiger partial charge in [0.25, 0.3) is 0 Å². The van der Waals surface area contributed by atoms with Gasteiger partial charge in [-0.05, 0) is 61.3 Å². The predicted octanol–water partition coefficient (Wildman–Crippen LogP) is 3.79. The van der Waals surface area contributed by atoms with Gasteiger partial charge < -0.3 is 5.32 Å². The lowest BCUT2D eigenvalue weighted by atomic mass is 9.91. The Morgan fingerprint density at radius 1 is 1.47 bits per heavy atom. The van der Waals surface area contributed by atoms with Crippen molar-refractivity contribution in [3.63, 3.8) is 0 Å². The first kappa shape index (κ1) is 15.1. The summed E-state index contributed by atoms with van der Waals surface area (Å²) in [4.78, 5) is 4.06. The molecule has 106 valence electrons. The third-order valence-electron chi connectivity index (χ3n) is 3.77. The molecule has 1 saturated heterocycles. The predicted molar refractivity (Wildman–Crippen MR) is 85.1 cm³/mol. The van der Waals surface area contributed by atoms with Crippen molar-refractivity contribution in [3.8, 4) is 0 Å². The molecule has 1 aliphatic rings. The molecule has 0 bridgehead atoms. The van der Waals surface area contributed by atoms with Crippen LogP contribution in [0.15, 0.2) is 18.5 Å². The molecule has 2 heterocycles. The number of halogens is 1. The molecule has 4 heteroatoms. The highest BCUT2D eigenvalue weighted by molar-refractivity contribution is 7.99. The van der Waals surface area contributed by atoms with Gasteiger partial charge in [-0.15, -0.1) is 0 Å². The number of rotatable bonds is 6. The van der Waals surface area contributed by atoms with Gasteiger partial charge in [0.2, 0.25) is 0 Å². The van der Waals surface area contributed by atoms with E-state index in [0.29, 0.717) is 6.04 Å². The Hall–Kier alpha value is -0.250. The summed E-state index contributed by atoms with van der Waals surface area (Å²) >= 11 is 8.31. The standard InChI is InChI=1S/C15H23ClN2S/c1-2-18-14(9-12-4-7-19-8-5-12)10-13-3-6-17-11-15(13)16/h3,6,11-12,14,18H,2,4-5,7-10H2,1H3. The molecular weight excluding hydrogens is 276 g/mol. The Bertz CT molecular complexity index is 380. The maximum absolute atomic E-state index is 6.22. The summed E-state index contributed by atoms with van der Waals surface area (Å²) in [6.45, 7) is 3.20. The summed E-state index contributed by atoms with van der Waals surface area (Å²) in [6, 6.07) is 2.58. The number of likely N-dealkylation sites (N-methyl/N-ethyl adjacent to an activating group) is 1. The van der Waals surface area contributed by atoms with Gasteiger partial charge in [-0.1, -0.05) is 18.5 Å². The smallest absolute Gasteiger partial charge is 0.0621 e. The SMILES string of the molecule is CCNC(Cc1ccncc1Cl)CC1CCSCC1. The van der Waals surface area contributed by atoms with E-state index >= 15 is 0 Å². The minimum Gasteiger partial charge on any atom is -0.314 e. The molecule has 0 radical (unpaired) electrons. The number of hydrogen-bond donors (Lipinski definition) is 1. The van der Waals surface area contributed by atoms with E-state index in [2.05, 4.69) is 29.0 Å².